The van der Waals surface area contributed by atoms with Crippen molar-refractivity contribution in [3.05, 3.63) is 35.2 Å². The van der Waals surface area contributed by atoms with E-state index in [0.717, 1.165) is 0 Å². The summed E-state index contributed by atoms with van der Waals surface area (Å²) in [5.74, 6) is 0.342. The molecule has 7 nitrogen and oxygen atoms in total. The average molecular weight is 281 g/mol. The summed E-state index contributed by atoms with van der Waals surface area (Å²) in [6.07, 6.45) is 3.32. The molecular formula is C11H13ClN6O. The molecule has 2 heterocycles. The largest absolute Gasteiger partial charge is 0.373 e. The highest BCUT2D eigenvalue weighted by atomic mass is 35.5. The maximum atomic E-state index is 11.9. The monoisotopic (exact) mass is 280 g/mol. The summed E-state index contributed by atoms with van der Waals surface area (Å²) < 4.78 is 1.64. The fourth-order valence-corrected chi connectivity index (χ4v) is 1.70. The highest BCUT2D eigenvalue weighted by Gasteiger charge is 2.08. The quantitative estimate of drug-likeness (QED) is 0.791. The third-order valence-corrected chi connectivity index (χ3v) is 2.60. The van der Waals surface area contributed by atoms with Crippen LogP contribution in [-0.2, 0) is 6.54 Å². The summed E-state index contributed by atoms with van der Waals surface area (Å²) in [4.78, 5) is 15.9. The Morgan fingerprint density at radius 1 is 1.47 bits per heavy atom. The maximum Gasteiger partial charge on any atom is 0.251 e. The van der Waals surface area contributed by atoms with Gasteiger partial charge in [-0.15, -0.1) is 5.10 Å². The Bertz CT molecular complexity index is 556. The number of carbonyl (C=O) groups is 1. The number of carbonyl (C=O) groups excluding carboxylic acids is 1. The zero-order valence-corrected chi connectivity index (χ0v) is 11.1. The van der Waals surface area contributed by atoms with Gasteiger partial charge in [-0.1, -0.05) is 16.8 Å². The number of hydrogen-bond donors (Lipinski definition) is 2. The summed E-state index contributed by atoms with van der Waals surface area (Å²) in [7, 11) is 1.71. The number of halogens is 1. The SMILES string of the molecule is CNc1cc(C(=O)NCCn2ccnn2)cc(Cl)n1. The summed E-state index contributed by atoms with van der Waals surface area (Å²) >= 11 is 5.83. The molecule has 2 rings (SSSR count). The van der Waals surface area contributed by atoms with Crippen LogP contribution in [0.3, 0.4) is 0 Å². The normalized spacial score (nSPS) is 10.2. The van der Waals surface area contributed by atoms with Gasteiger partial charge in [0.25, 0.3) is 5.91 Å². The lowest BCUT2D eigenvalue weighted by Gasteiger charge is -2.07. The first kappa shape index (κ1) is 13.3. The average Bonchev–Trinajstić information content (AvgIpc) is 2.91. The van der Waals surface area contributed by atoms with Gasteiger partial charge in [0, 0.05) is 25.4 Å². The molecule has 0 unspecified atom stereocenters. The molecule has 8 heteroatoms. The van der Waals surface area contributed by atoms with Crippen molar-refractivity contribution in [2.24, 2.45) is 0 Å². The minimum Gasteiger partial charge on any atom is -0.373 e. The van der Waals surface area contributed by atoms with Gasteiger partial charge in [0.2, 0.25) is 0 Å². The lowest BCUT2D eigenvalue weighted by Crippen LogP contribution is -2.27. The minimum absolute atomic E-state index is 0.207. The van der Waals surface area contributed by atoms with E-state index in [2.05, 4.69) is 25.9 Å². The number of nitrogens with one attached hydrogen (secondary N) is 2. The molecule has 0 spiro atoms. The lowest BCUT2D eigenvalue weighted by molar-refractivity contribution is 0.0952. The van der Waals surface area contributed by atoms with E-state index in [1.54, 1.807) is 30.2 Å². The molecule has 0 radical (unpaired) electrons. The van der Waals surface area contributed by atoms with Crippen LogP contribution in [0.15, 0.2) is 24.5 Å². The number of nitrogens with zero attached hydrogens (tertiary/aromatic N) is 4. The van der Waals surface area contributed by atoms with Gasteiger partial charge in [-0.05, 0) is 12.1 Å². The van der Waals surface area contributed by atoms with Crippen LogP contribution in [0.1, 0.15) is 10.4 Å². The Hall–Kier alpha value is -2.15. The van der Waals surface area contributed by atoms with Crippen LogP contribution in [0.2, 0.25) is 5.15 Å². The smallest absolute Gasteiger partial charge is 0.251 e. The van der Waals surface area contributed by atoms with E-state index in [0.29, 0.717) is 24.5 Å². The Morgan fingerprint density at radius 2 is 2.32 bits per heavy atom. The topological polar surface area (TPSA) is 84.7 Å². The molecule has 2 N–H and O–H groups in total. The first-order valence-corrected chi connectivity index (χ1v) is 6.04. The van der Waals surface area contributed by atoms with Gasteiger partial charge in [-0.2, -0.15) is 0 Å². The summed E-state index contributed by atoms with van der Waals surface area (Å²) in [5, 5.41) is 13.4. The van der Waals surface area contributed by atoms with Gasteiger partial charge in [0.1, 0.15) is 11.0 Å². The van der Waals surface area contributed by atoms with Gasteiger partial charge < -0.3 is 10.6 Å². The number of amides is 1. The predicted octanol–water partition coefficient (Wildman–Crippen LogP) is 0.798. The van der Waals surface area contributed by atoms with Crippen LogP contribution in [0.5, 0.6) is 0 Å². The molecule has 19 heavy (non-hydrogen) atoms. The van der Waals surface area contributed by atoms with Crippen molar-refractivity contribution >= 4 is 23.3 Å². The van der Waals surface area contributed by atoms with Gasteiger partial charge in [0.15, 0.2) is 0 Å². The van der Waals surface area contributed by atoms with Crippen LogP contribution in [0, 0.1) is 0 Å². The molecule has 0 bridgehead atoms. The molecule has 2 aromatic rings. The Kier molecular flexibility index (Phi) is 4.30. The molecular weight excluding hydrogens is 268 g/mol. The number of aromatic nitrogens is 4. The summed E-state index contributed by atoms with van der Waals surface area (Å²) in [5.41, 5.74) is 0.461. The van der Waals surface area contributed by atoms with E-state index in [1.165, 1.54) is 6.07 Å². The number of anilines is 1. The maximum absolute atomic E-state index is 11.9. The fourth-order valence-electron chi connectivity index (χ4n) is 1.49. The third kappa shape index (κ3) is 3.65. The van der Waals surface area contributed by atoms with Gasteiger partial charge >= 0.3 is 0 Å². The van der Waals surface area contributed by atoms with Crippen LogP contribution in [0.25, 0.3) is 0 Å². The van der Waals surface area contributed by atoms with Gasteiger partial charge in [0.05, 0.1) is 12.7 Å². The molecule has 0 aliphatic heterocycles. The molecule has 0 aromatic carbocycles. The summed E-state index contributed by atoms with van der Waals surface area (Å²) in [6.45, 7) is 1.01. The van der Waals surface area contributed by atoms with Crippen LogP contribution in [-0.4, -0.2) is 39.5 Å². The van der Waals surface area contributed by atoms with E-state index < -0.39 is 0 Å². The number of hydrogen-bond acceptors (Lipinski definition) is 5. The Morgan fingerprint density at radius 3 is 3.00 bits per heavy atom. The summed E-state index contributed by atoms with van der Waals surface area (Å²) in [6, 6.07) is 3.16. The van der Waals surface area contributed by atoms with E-state index in [9.17, 15) is 4.79 Å². The van der Waals surface area contributed by atoms with Crippen molar-refractivity contribution in [1.82, 2.24) is 25.3 Å². The number of pyridine rings is 1. The second kappa shape index (κ2) is 6.14. The van der Waals surface area contributed by atoms with E-state index in [4.69, 9.17) is 11.6 Å². The highest BCUT2D eigenvalue weighted by molar-refractivity contribution is 6.29. The van der Waals surface area contributed by atoms with Gasteiger partial charge in [-0.25, -0.2) is 4.98 Å². The first-order valence-electron chi connectivity index (χ1n) is 5.66. The zero-order valence-electron chi connectivity index (χ0n) is 10.3. The van der Waals surface area contributed by atoms with Crippen LogP contribution >= 0.6 is 11.6 Å². The second-order valence-electron chi connectivity index (χ2n) is 3.74. The highest BCUT2D eigenvalue weighted by Crippen LogP contribution is 2.13. The van der Waals surface area contributed by atoms with Crippen molar-refractivity contribution in [1.29, 1.82) is 0 Å². The van der Waals surface area contributed by atoms with Crippen molar-refractivity contribution in [2.75, 3.05) is 18.9 Å². The van der Waals surface area contributed by atoms with Crippen molar-refractivity contribution in [3.8, 4) is 0 Å². The second-order valence-corrected chi connectivity index (χ2v) is 4.12. The molecule has 2 aromatic heterocycles. The van der Waals surface area contributed by atoms with Crippen molar-refractivity contribution in [3.63, 3.8) is 0 Å². The molecule has 0 aliphatic rings. The molecule has 0 fully saturated rings. The Balaban J connectivity index is 1.94. The van der Waals surface area contributed by atoms with E-state index in [1.807, 2.05) is 0 Å². The molecule has 0 saturated heterocycles. The molecule has 100 valence electrons. The predicted molar refractivity (Wildman–Crippen MR) is 71.1 cm³/mol. The lowest BCUT2D eigenvalue weighted by atomic mass is 10.2. The molecule has 0 saturated carbocycles. The zero-order chi connectivity index (χ0) is 13.7. The van der Waals surface area contributed by atoms with Crippen molar-refractivity contribution in [2.45, 2.75) is 6.54 Å². The van der Waals surface area contributed by atoms with Crippen molar-refractivity contribution < 1.29 is 4.79 Å². The standard InChI is InChI=1S/C11H13ClN6O/c1-13-10-7-8(6-9(12)16-10)11(19)14-2-4-18-5-3-15-17-18/h3,5-7H,2,4H2,1H3,(H,13,16)(H,14,19). The molecule has 0 aliphatic carbocycles. The number of rotatable bonds is 5. The fraction of sp³-hybridized carbons (Fsp3) is 0.273. The van der Waals surface area contributed by atoms with Crippen LogP contribution in [0.4, 0.5) is 5.82 Å². The molecule has 0 atom stereocenters. The minimum atomic E-state index is -0.207. The third-order valence-electron chi connectivity index (χ3n) is 2.41. The molecule has 1 amide bonds. The van der Waals surface area contributed by atoms with Gasteiger partial charge in [-0.3, -0.25) is 9.48 Å². The Labute approximate surface area is 115 Å². The first-order chi connectivity index (χ1) is 9.19. The van der Waals surface area contributed by atoms with E-state index >= 15 is 0 Å². The van der Waals surface area contributed by atoms with Crippen LogP contribution < -0.4 is 10.6 Å². The van der Waals surface area contributed by atoms with E-state index in [-0.39, 0.29) is 11.1 Å².